The Balaban J connectivity index is 1.81. The predicted molar refractivity (Wildman–Crippen MR) is 119 cm³/mol. The van der Waals surface area contributed by atoms with Crippen LogP contribution in [0.25, 0.3) is 0 Å². The molecule has 3 heteroatoms. The van der Waals surface area contributed by atoms with Crippen LogP contribution in [0.1, 0.15) is 34.7 Å². The van der Waals surface area contributed by atoms with Gasteiger partial charge in [0, 0.05) is 32.0 Å². The van der Waals surface area contributed by atoms with Crippen LogP contribution in [0.5, 0.6) is 0 Å². The van der Waals surface area contributed by atoms with Crippen LogP contribution in [0.3, 0.4) is 0 Å². The molecule has 3 aromatic carbocycles. The number of benzene rings is 3. The lowest BCUT2D eigenvalue weighted by Crippen LogP contribution is -1.89. The second-order valence-corrected chi connectivity index (χ2v) is 7.36. The Morgan fingerprint density at radius 2 is 1.36 bits per heavy atom. The van der Waals surface area contributed by atoms with E-state index >= 15 is 0 Å². The zero-order valence-corrected chi connectivity index (χ0v) is 17.1. The zero-order chi connectivity index (χ0) is 19.8. The summed E-state index contributed by atoms with van der Waals surface area (Å²) in [5.41, 5.74) is 5.08. The maximum Gasteiger partial charge on any atom is 0.138 e. The first-order valence-corrected chi connectivity index (χ1v) is 10.1. The number of hydrogen-bond acceptors (Lipinski definition) is 3. The summed E-state index contributed by atoms with van der Waals surface area (Å²) in [5, 5.41) is 10.8. The summed E-state index contributed by atoms with van der Waals surface area (Å²) in [4.78, 5) is 1.86. The molecule has 0 heterocycles. The highest BCUT2D eigenvalue weighted by molar-refractivity contribution is 8.03. The van der Waals surface area contributed by atoms with Gasteiger partial charge in [-0.3, -0.25) is 0 Å². The number of thioether (sulfide) groups is 1. The fourth-order valence-electron chi connectivity index (χ4n) is 2.57. The Morgan fingerprint density at radius 1 is 0.786 bits per heavy atom. The number of thiol groups is 1. The van der Waals surface area contributed by atoms with Crippen molar-refractivity contribution in [1.82, 2.24) is 0 Å². The molecule has 0 atom stereocenters. The molecule has 1 nitrogen and oxygen atoms in total. The van der Waals surface area contributed by atoms with Crippen molar-refractivity contribution in [2.75, 3.05) is 0 Å². The van der Waals surface area contributed by atoms with Crippen LogP contribution in [0, 0.1) is 34.3 Å². The molecule has 3 aromatic rings. The molecule has 0 spiro atoms. The van der Waals surface area contributed by atoms with Gasteiger partial charge in [-0.05, 0) is 90.5 Å². The molecule has 0 amide bonds. The molecule has 0 radical (unpaired) electrons. The van der Waals surface area contributed by atoms with Gasteiger partial charge < -0.3 is 0 Å². The second kappa shape index (κ2) is 9.77. The van der Waals surface area contributed by atoms with Crippen molar-refractivity contribution >= 4 is 24.4 Å². The van der Waals surface area contributed by atoms with E-state index in [2.05, 4.69) is 54.7 Å². The van der Waals surface area contributed by atoms with Gasteiger partial charge in [0.15, 0.2) is 0 Å². The highest BCUT2D eigenvalue weighted by atomic mass is 32.2. The van der Waals surface area contributed by atoms with E-state index in [1.165, 1.54) is 5.56 Å². The summed E-state index contributed by atoms with van der Waals surface area (Å²) in [5.74, 6) is 12.9. The van der Waals surface area contributed by atoms with E-state index in [4.69, 9.17) is 5.26 Å². The van der Waals surface area contributed by atoms with Crippen LogP contribution in [0.15, 0.2) is 76.5 Å². The number of rotatable bonds is 2. The lowest BCUT2D eigenvalue weighted by atomic mass is 10.0. The SMILES string of the molecule is CCc1cc(C#Cc2ccc(S)cc2)ccc1C#Cc1ccc(SC#N)cc1. The van der Waals surface area contributed by atoms with Crippen molar-refractivity contribution in [3.8, 4) is 29.1 Å². The Hall–Kier alpha value is -3.03. The number of nitriles is 1. The first-order chi connectivity index (χ1) is 13.7. The molecule has 134 valence electrons. The van der Waals surface area contributed by atoms with Crippen molar-refractivity contribution in [3.63, 3.8) is 0 Å². The molecule has 0 saturated heterocycles. The molecule has 0 aromatic heterocycles. The third-order valence-corrected chi connectivity index (χ3v) is 4.96. The molecule has 0 unspecified atom stereocenters. The summed E-state index contributed by atoms with van der Waals surface area (Å²) in [6, 6.07) is 21.7. The number of thiocyanates is 1. The largest absolute Gasteiger partial charge is 0.185 e. The monoisotopic (exact) mass is 395 g/mol. The molecule has 0 fully saturated rings. The summed E-state index contributed by atoms with van der Waals surface area (Å²) in [7, 11) is 0. The number of aryl methyl sites for hydroxylation is 1. The van der Waals surface area contributed by atoms with E-state index in [-0.39, 0.29) is 0 Å². The molecule has 28 heavy (non-hydrogen) atoms. The average molecular weight is 396 g/mol. The zero-order valence-electron chi connectivity index (χ0n) is 15.4. The summed E-state index contributed by atoms with van der Waals surface area (Å²) in [6.45, 7) is 2.12. The van der Waals surface area contributed by atoms with Gasteiger partial charge in [0.25, 0.3) is 0 Å². The smallest absolute Gasteiger partial charge is 0.138 e. The summed E-state index contributed by atoms with van der Waals surface area (Å²) >= 11 is 5.44. The minimum atomic E-state index is 0.894. The van der Waals surface area contributed by atoms with Crippen molar-refractivity contribution in [1.29, 1.82) is 5.26 Å². The average Bonchev–Trinajstić information content (AvgIpc) is 2.73. The minimum absolute atomic E-state index is 0.894. The van der Waals surface area contributed by atoms with Crippen molar-refractivity contribution < 1.29 is 0 Å². The molecule has 3 rings (SSSR count). The first-order valence-electron chi connectivity index (χ1n) is 8.80. The van der Waals surface area contributed by atoms with Gasteiger partial charge in [-0.2, -0.15) is 5.26 Å². The van der Waals surface area contributed by atoms with Crippen LogP contribution in [0.2, 0.25) is 0 Å². The Bertz CT molecular complexity index is 1130. The van der Waals surface area contributed by atoms with E-state index in [1.54, 1.807) is 0 Å². The van der Waals surface area contributed by atoms with E-state index in [9.17, 15) is 0 Å². The van der Waals surface area contributed by atoms with Crippen molar-refractivity contribution in [2.24, 2.45) is 0 Å². The molecule has 0 saturated carbocycles. The number of hydrogen-bond donors (Lipinski definition) is 1. The molecule has 0 aliphatic carbocycles. The fourth-order valence-corrected chi connectivity index (χ4v) is 3.10. The normalized spacial score (nSPS) is 9.46. The van der Waals surface area contributed by atoms with Gasteiger partial charge in [-0.15, -0.1) is 12.6 Å². The second-order valence-electron chi connectivity index (χ2n) is 5.99. The number of nitrogens with zero attached hydrogens (tertiary/aromatic N) is 1. The van der Waals surface area contributed by atoms with Crippen LogP contribution in [0.4, 0.5) is 0 Å². The van der Waals surface area contributed by atoms with Crippen molar-refractivity contribution in [3.05, 3.63) is 94.5 Å². The molecule has 0 N–H and O–H groups in total. The Labute approximate surface area is 176 Å². The van der Waals surface area contributed by atoms with Crippen LogP contribution < -0.4 is 0 Å². The van der Waals surface area contributed by atoms with Gasteiger partial charge in [0.2, 0.25) is 0 Å². The lowest BCUT2D eigenvalue weighted by molar-refractivity contribution is 1.13. The molecular formula is C25H17NS2. The Kier molecular flexibility index (Phi) is 6.89. The summed E-state index contributed by atoms with van der Waals surface area (Å²) < 4.78 is 0. The third-order valence-electron chi connectivity index (χ3n) is 4.06. The molecule has 0 aliphatic heterocycles. The van der Waals surface area contributed by atoms with Gasteiger partial charge in [0.1, 0.15) is 5.40 Å². The van der Waals surface area contributed by atoms with Gasteiger partial charge in [0.05, 0.1) is 0 Å². The van der Waals surface area contributed by atoms with Crippen LogP contribution >= 0.6 is 24.4 Å². The van der Waals surface area contributed by atoms with Gasteiger partial charge >= 0.3 is 0 Å². The molecule has 0 aliphatic rings. The van der Waals surface area contributed by atoms with Gasteiger partial charge in [-0.1, -0.05) is 30.6 Å². The minimum Gasteiger partial charge on any atom is -0.185 e. The molecule has 0 bridgehead atoms. The van der Waals surface area contributed by atoms with E-state index in [0.717, 1.165) is 50.2 Å². The van der Waals surface area contributed by atoms with Crippen LogP contribution in [-0.2, 0) is 6.42 Å². The summed E-state index contributed by atoms with van der Waals surface area (Å²) in [6.07, 6.45) is 0.894. The molecular weight excluding hydrogens is 378 g/mol. The highest BCUT2D eigenvalue weighted by Gasteiger charge is 2.00. The first kappa shape index (κ1) is 19.7. The van der Waals surface area contributed by atoms with E-state index in [0.29, 0.717) is 0 Å². The fraction of sp³-hybridized carbons (Fsp3) is 0.0800. The predicted octanol–water partition coefficient (Wildman–Crippen LogP) is 5.91. The highest BCUT2D eigenvalue weighted by Crippen LogP contribution is 2.17. The lowest BCUT2D eigenvalue weighted by Gasteiger charge is -2.02. The van der Waals surface area contributed by atoms with Crippen LogP contribution in [-0.4, -0.2) is 0 Å². The maximum atomic E-state index is 8.71. The maximum absolute atomic E-state index is 8.71. The van der Waals surface area contributed by atoms with E-state index < -0.39 is 0 Å². The topological polar surface area (TPSA) is 23.8 Å². The van der Waals surface area contributed by atoms with E-state index in [1.807, 2.05) is 60.7 Å². The Morgan fingerprint density at radius 3 is 2.00 bits per heavy atom. The van der Waals surface area contributed by atoms with Crippen molar-refractivity contribution in [2.45, 2.75) is 23.1 Å². The van der Waals surface area contributed by atoms with Gasteiger partial charge in [-0.25, -0.2) is 0 Å². The standard InChI is InChI=1S/C25H17NS2/c1-2-22-17-21(4-3-19-7-13-24(27)14-8-19)6-12-23(22)11-5-20-9-15-25(16-10-20)28-18-26/h6-10,12-17,27H,2H2,1H3. The third kappa shape index (κ3) is 5.48. The quantitative estimate of drug-likeness (QED) is 0.252.